The molecule has 96 valence electrons. The predicted molar refractivity (Wildman–Crippen MR) is 86.9 cm³/mol. The van der Waals surface area contributed by atoms with Crippen molar-refractivity contribution in [3.63, 3.8) is 0 Å². The maximum atomic E-state index is 5.72. The summed E-state index contributed by atoms with van der Waals surface area (Å²) < 4.78 is 4.91. The first-order valence-electron chi connectivity index (χ1n) is 5.13. The number of halogens is 3. The minimum atomic E-state index is -0.129. The maximum Gasteiger partial charge on any atom is 0.0900 e. The van der Waals surface area contributed by atoms with Gasteiger partial charge in [0.1, 0.15) is 0 Å². The zero-order chi connectivity index (χ0) is 13.3. The Morgan fingerprint density at radius 2 is 2.11 bits per heavy atom. The quantitative estimate of drug-likeness (QED) is 0.399. The first-order chi connectivity index (χ1) is 8.54. The fourth-order valence-corrected chi connectivity index (χ4v) is 3.36. The molecular weight excluding hydrogens is 475 g/mol. The SMILES string of the molecule is Cn1ncc(Br)c1C(NN)c1cc(I)ccc1Br. The van der Waals surface area contributed by atoms with E-state index in [9.17, 15) is 0 Å². The molecule has 0 fully saturated rings. The van der Waals surface area contributed by atoms with Crippen LogP contribution < -0.4 is 11.3 Å². The number of hydrogen-bond donors (Lipinski definition) is 2. The third kappa shape index (κ3) is 2.79. The van der Waals surface area contributed by atoms with Crippen molar-refractivity contribution in [2.45, 2.75) is 6.04 Å². The van der Waals surface area contributed by atoms with Crippen molar-refractivity contribution in [3.8, 4) is 0 Å². The number of nitrogens with two attached hydrogens (primary N) is 1. The van der Waals surface area contributed by atoms with Crippen LogP contribution in [0.15, 0.2) is 33.3 Å². The van der Waals surface area contributed by atoms with E-state index in [0.717, 1.165) is 23.8 Å². The van der Waals surface area contributed by atoms with Crippen molar-refractivity contribution < 1.29 is 0 Å². The Bertz CT molecular complexity index is 551. The molecule has 0 aliphatic heterocycles. The van der Waals surface area contributed by atoms with Gasteiger partial charge in [0, 0.05) is 15.1 Å². The third-order valence-corrected chi connectivity index (χ3v) is 4.65. The average molecular weight is 486 g/mol. The third-order valence-electron chi connectivity index (χ3n) is 2.65. The molecule has 0 spiro atoms. The molecule has 4 nitrogen and oxygen atoms in total. The van der Waals surface area contributed by atoms with Crippen molar-refractivity contribution in [1.82, 2.24) is 15.2 Å². The highest BCUT2D eigenvalue weighted by atomic mass is 127. The van der Waals surface area contributed by atoms with Crippen molar-refractivity contribution >= 4 is 54.5 Å². The van der Waals surface area contributed by atoms with E-state index < -0.39 is 0 Å². The van der Waals surface area contributed by atoms with Crippen LogP contribution in [0.25, 0.3) is 0 Å². The molecule has 3 N–H and O–H groups in total. The van der Waals surface area contributed by atoms with E-state index in [4.69, 9.17) is 5.84 Å². The molecular formula is C11H11Br2IN4. The van der Waals surface area contributed by atoms with Gasteiger partial charge in [-0.05, 0) is 62.3 Å². The van der Waals surface area contributed by atoms with E-state index >= 15 is 0 Å². The van der Waals surface area contributed by atoms with E-state index in [-0.39, 0.29) is 6.04 Å². The van der Waals surface area contributed by atoms with Crippen LogP contribution in [0, 0.1) is 3.57 Å². The van der Waals surface area contributed by atoms with E-state index in [1.54, 1.807) is 10.9 Å². The molecule has 1 heterocycles. The highest BCUT2D eigenvalue weighted by Gasteiger charge is 2.21. The second-order valence-corrected chi connectivity index (χ2v) is 6.72. The topological polar surface area (TPSA) is 55.9 Å². The number of hydrazine groups is 1. The molecule has 18 heavy (non-hydrogen) atoms. The van der Waals surface area contributed by atoms with Crippen LogP contribution in [0.2, 0.25) is 0 Å². The summed E-state index contributed by atoms with van der Waals surface area (Å²) in [4.78, 5) is 0. The minimum Gasteiger partial charge on any atom is -0.271 e. The number of aromatic nitrogens is 2. The van der Waals surface area contributed by atoms with Crippen LogP contribution in [0.1, 0.15) is 17.3 Å². The average Bonchev–Trinajstić information content (AvgIpc) is 2.66. The van der Waals surface area contributed by atoms with Gasteiger partial charge < -0.3 is 0 Å². The second-order valence-electron chi connectivity index (χ2n) is 3.77. The van der Waals surface area contributed by atoms with Gasteiger partial charge in [0.25, 0.3) is 0 Å². The molecule has 0 aliphatic rings. The number of benzene rings is 1. The van der Waals surface area contributed by atoms with Crippen molar-refractivity contribution in [2.24, 2.45) is 12.9 Å². The van der Waals surface area contributed by atoms with Crippen LogP contribution >= 0.6 is 54.5 Å². The Hall–Kier alpha value is 0.0400. The first-order valence-corrected chi connectivity index (χ1v) is 7.79. The summed E-state index contributed by atoms with van der Waals surface area (Å²) in [7, 11) is 1.90. The molecule has 1 atom stereocenters. The Morgan fingerprint density at radius 3 is 2.67 bits per heavy atom. The Kier molecular flexibility index (Phi) is 4.81. The Morgan fingerprint density at radius 1 is 1.39 bits per heavy atom. The fourth-order valence-electron chi connectivity index (χ4n) is 1.80. The van der Waals surface area contributed by atoms with Gasteiger partial charge in [-0.25, -0.2) is 5.43 Å². The van der Waals surface area contributed by atoms with E-state index in [1.807, 2.05) is 19.2 Å². The first kappa shape index (κ1) is 14.4. The number of hydrogen-bond acceptors (Lipinski definition) is 3. The van der Waals surface area contributed by atoms with Crippen LogP contribution in [-0.2, 0) is 7.05 Å². The fraction of sp³-hybridized carbons (Fsp3) is 0.182. The lowest BCUT2D eigenvalue weighted by molar-refractivity contribution is 0.571. The van der Waals surface area contributed by atoms with Gasteiger partial charge >= 0.3 is 0 Å². The van der Waals surface area contributed by atoms with Gasteiger partial charge in [-0.2, -0.15) is 5.10 Å². The summed E-state index contributed by atoms with van der Waals surface area (Å²) in [5, 5.41) is 4.22. The maximum absolute atomic E-state index is 5.72. The van der Waals surface area contributed by atoms with Gasteiger partial charge in [-0.1, -0.05) is 15.9 Å². The van der Waals surface area contributed by atoms with Gasteiger partial charge in [-0.15, -0.1) is 0 Å². The van der Waals surface area contributed by atoms with Crippen LogP contribution in [0.5, 0.6) is 0 Å². The van der Waals surface area contributed by atoms with Crippen molar-refractivity contribution in [2.75, 3.05) is 0 Å². The molecule has 0 aliphatic carbocycles. The molecule has 0 saturated carbocycles. The zero-order valence-corrected chi connectivity index (χ0v) is 14.8. The molecule has 0 saturated heterocycles. The number of nitrogens with zero attached hydrogens (tertiary/aromatic N) is 2. The number of rotatable bonds is 3. The lowest BCUT2D eigenvalue weighted by atomic mass is 10.0. The molecule has 1 aromatic heterocycles. The normalized spacial score (nSPS) is 12.7. The van der Waals surface area contributed by atoms with Gasteiger partial charge in [0.15, 0.2) is 0 Å². The lowest BCUT2D eigenvalue weighted by Gasteiger charge is -2.19. The monoisotopic (exact) mass is 484 g/mol. The summed E-state index contributed by atoms with van der Waals surface area (Å²) in [6, 6.07) is 6.02. The lowest BCUT2D eigenvalue weighted by Crippen LogP contribution is -2.31. The van der Waals surface area contributed by atoms with Gasteiger partial charge in [0.05, 0.1) is 22.4 Å². The number of nitrogens with one attached hydrogen (secondary N) is 1. The van der Waals surface area contributed by atoms with Crippen LogP contribution in [0.4, 0.5) is 0 Å². The summed E-state index contributed by atoms with van der Waals surface area (Å²) >= 11 is 9.35. The van der Waals surface area contributed by atoms with E-state index in [0.29, 0.717) is 0 Å². The molecule has 1 unspecified atom stereocenters. The van der Waals surface area contributed by atoms with E-state index in [1.165, 1.54) is 0 Å². The standard InChI is InChI=1S/C11H11Br2IN4/c1-18-11(9(13)5-16-18)10(17-15)7-4-6(14)2-3-8(7)12/h2-5,10,17H,15H2,1H3. The summed E-state index contributed by atoms with van der Waals surface area (Å²) in [5.41, 5.74) is 4.91. The Labute approximate surface area is 136 Å². The molecule has 1 aromatic carbocycles. The molecule has 2 aromatic rings. The van der Waals surface area contributed by atoms with Crippen molar-refractivity contribution in [1.29, 1.82) is 0 Å². The molecule has 7 heteroatoms. The highest BCUT2D eigenvalue weighted by molar-refractivity contribution is 14.1. The zero-order valence-electron chi connectivity index (χ0n) is 9.49. The number of aryl methyl sites for hydroxylation is 1. The van der Waals surface area contributed by atoms with Gasteiger partial charge in [-0.3, -0.25) is 10.5 Å². The largest absolute Gasteiger partial charge is 0.271 e. The smallest absolute Gasteiger partial charge is 0.0900 e. The molecule has 0 radical (unpaired) electrons. The van der Waals surface area contributed by atoms with Gasteiger partial charge in [0.2, 0.25) is 0 Å². The predicted octanol–water partition coefficient (Wildman–Crippen LogP) is 3.10. The second kappa shape index (κ2) is 6.00. The molecule has 0 bridgehead atoms. The molecule has 2 rings (SSSR count). The summed E-state index contributed by atoms with van der Waals surface area (Å²) in [5.74, 6) is 5.72. The molecule has 0 amide bonds. The Balaban J connectivity index is 2.55. The highest BCUT2D eigenvalue weighted by Crippen LogP contribution is 2.32. The van der Waals surface area contributed by atoms with Crippen molar-refractivity contribution in [3.05, 3.63) is 48.2 Å². The summed E-state index contributed by atoms with van der Waals surface area (Å²) in [6.07, 6.45) is 1.77. The van der Waals surface area contributed by atoms with E-state index in [2.05, 4.69) is 71.0 Å². The minimum absolute atomic E-state index is 0.129. The summed E-state index contributed by atoms with van der Waals surface area (Å²) in [6.45, 7) is 0. The van der Waals surface area contributed by atoms with Crippen LogP contribution in [0.3, 0.4) is 0 Å². The van der Waals surface area contributed by atoms with Crippen LogP contribution in [-0.4, -0.2) is 9.78 Å².